The number of carbonyl (C=O) groups is 1. The number of fused-ring (bicyclic) bond motifs is 1. The van der Waals surface area contributed by atoms with Crippen LogP contribution < -0.4 is 15.0 Å². The van der Waals surface area contributed by atoms with Crippen LogP contribution in [-0.2, 0) is 6.61 Å². The topological polar surface area (TPSA) is 103 Å². The highest BCUT2D eigenvalue weighted by atomic mass is 79.9. The van der Waals surface area contributed by atoms with E-state index >= 15 is 0 Å². The van der Waals surface area contributed by atoms with Crippen LogP contribution >= 0.6 is 31.9 Å². The largest absolute Gasteiger partial charge is 0.493 e. The van der Waals surface area contributed by atoms with Crippen LogP contribution in [0.25, 0.3) is 10.9 Å². The van der Waals surface area contributed by atoms with E-state index in [1.54, 1.807) is 49.7 Å². The lowest BCUT2D eigenvalue weighted by atomic mass is 9.88. The molecule has 0 aliphatic heterocycles. The number of benzene rings is 3. The average Bonchev–Trinajstić information content (AvgIpc) is 2.97. The van der Waals surface area contributed by atoms with Gasteiger partial charge in [0.25, 0.3) is 5.56 Å². The molecule has 0 radical (unpaired) electrons. The van der Waals surface area contributed by atoms with Crippen LogP contribution in [0.5, 0.6) is 11.5 Å². The summed E-state index contributed by atoms with van der Waals surface area (Å²) in [4.78, 5) is 29.8. The SMILES string of the molecule is COc1cc(C=Nn2c(C3CCCCC3)nc3ccc(Br)cc3c2=O)c(Br)cc1OCc1cccc(C(=O)O)c1. The first-order chi connectivity index (χ1) is 19.3. The minimum Gasteiger partial charge on any atom is -0.493 e. The Kier molecular flexibility index (Phi) is 8.66. The number of hydrogen-bond acceptors (Lipinski definition) is 6. The molecule has 0 bridgehead atoms. The van der Waals surface area contributed by atoms with Crippen LogP contribution in [0.1, 0.15) is 65.3 Å². The fraction of sp³-hybridized carbons (Fsp3) is 0.267. The molecule has 0 amide bonds. The number of nitrogens with zero attached hydrogens (tertiary/aromatic N) is 3. The van der Waals surface area contributed by atoms with Gasteiger partial charge in [-0.3, -0.25) is 4.79 Å². The monoisotopic (exact) mass is 667 g/mol. The van der Waals surface area contributed by atoms with Crippen LogP contribution in [0.15, 0.2) is 73.4 Å². The number of rotatable bonds is 8. The zero-order valence-corrected chi connectivity index (χ0v) is 24.9. The predicted molar refractivity (Wildman–Crippen MR) is 161 cm³/mol. The Morgan fingerprint density at radius 3 is 2.65 bits per heavy atom. The average molecular weight is 669 g/mol. The van der Waals surface area contributed by atoms with Crippen LogP contribution in [0, 0.1) is 0 Å². The van der Waals surface area contributed by atoms with Gasteiger partial charge in [0.15, 0.2) is 11.5 Å². The third-order valence-corrected chi connectivity index (χ3v) is 8.15. The maximum Gasteiger partial charge on any atom is 0.335 e. The second-order valence-corrected chi connectivity index (χ2v) is 11.4. The van der Waals surface area contributed by atoms with E-state index in [9.17, 15) is 14.7 Å². The van der Waals surface area contributed by atoms with Gasteiger partial charge >= 0.3 is 5.97 Å². The molecule has 0 atom stereocenters. The molecular formula is C30H27Br2N3O5. The van der Waals surface area contributed by atoms with Crippen molar-refractivity contribution in [3.8, 4) is 11.5 Å². The van der Waals surface area contributed by atoms with Crippen molar-refractivity contribution in [1.82, 2.24) is 9.66 Å². The summed E-state index contributed by atoms with van der Waals surface area (Å²) < 4.78 is 14.5. The molecule has 1 fully saturated rings. The van der Waals surface area contributed by atoms with Gasteiger partial charge in [-0.2, -0.15) is 9.78 Å². The van der Waals surface area contributed by atoms with Crippen molar-refractivity contribution in [2.45, 2.75) is 44.6 Å². The fourth-order valence-corrected chi connectivity index (χ4v) is 5.69. The van der Waals surface area contributed by atoms with Gasteiger partial charge in [-0.15, -0.1) is 0 Å². The van der Waals surface area contributed by atoms with Crippen molar-refractivity contribution in [3.05, 3.63) is 96.4 Å². The summed E-state index contributed by atoms with van der Waals surface area (Å²) in [5.41, 5.74) is 2.05. The van der Waals surface area contributed by atoms with Crippen molar-refractivity contribution in [1.29, 1.82) is 0 Å². The summed E-state index contributed by atoms with van der Waals surface area (Å²) in [6.45, 7) is 0.163. The molecule has 1 heterocycles. The van der Waals surface area contributed by atoms with Gasteiger partial charge < -0.3 is 14.6 Å². The summed E-state index contributed by atoms with van der Waals surface area (Å²) >= 11 is 7.05. The second kappa shape index (κ2) is 12.3. The minimum atomic E-state index is -0.995. The van der Waals surface area contributed by atoms with Crippen molar-refractivity contribution in [3.63, 3.8) is 0 Å². The molecule has 0 unspecified atom stereocenters. The van der Waals surface area contributed by atoms with Crippen LogP contribution in [0.4, 0.5) is 0 Å². The van der Waals surface area contributed by atoms with Gasteiger partial charge in [-0.1, -0.05) is 47.3 Å². The van der Waals surface area contributed by atoms with Gasteiger partial charge in [0, 0.05) is 20.4 Å². The normalized spacial score (nSPS) is 14.1. The molecular weight excluding hydrogens is 642 g/mol. The molecule has 0 spiro atoms. The molecule has 0 saturated heterocycles. The molecule has 1 N–H and O–H groups in total. The van der Waals surface area contributed by atoms with E-state index in [2.05, 4.69) is 37.0 Å². The summed E-state index contributed by atoms with van der Waals surface area (Å²) in [5, 5.41) is 14.4. The Balaban J connectivity index is 1.48. The van der Waals surface area contributed by atoms with E-state index in [0.29, 0.717) is 43.8 Å². The van der Waals surface area contributed by atoms with Crippen LogP contribution in [0.2, 0.25) is 0 Å². The van der Waals surface area contributed by atoms with E-state index in [4.69, 9.17) is 14.5 Å². The molecule has 1 aromatic heterocycles. The molecule has 206 valence electrons. The highest BCUT2D eigenvalue weighted by Gasteiger charge is 2.22. The molecule has 1 aliphatic rings. The Hall–Kier alpha value is -3.50. The fourth-order valence-electron chi connectivity index (χ4n) is 4.90. The highest BCUT2D eigenvalue weighted by Crippen LogP contribution is 2.34. The first-order valence-corrected chi connectivity index (χ1v) is 14.5. The molecule has 5 rings (SSSR count). The lowest BCUT2D eigenvalue weighted by Crippen LogP contribution is -2.25. The first kappa shape index (κ1) is 28.0. The van der Waals surface area contributed by atoms with Crippen molar-refractivity contribution in [2.24, 2.45) is 5.10 Å². The van der Waals surface area contributed by atoms with E-state index in [1.165, 1.54) is 17.2 Å². The zero-order valence-electron chi connectivity index (χ0n) is 21.8. The van der Waals surface area contributed by atoms with E-state index in [1.807, 2.05) is 12.1 Å². The van der Waals surface area contributed by atoms with Crippen LogP contribution in [-0.4, -0.2) is 34.1 Å². The van der Waals surface area contributed by atoms with Crippen molar-refractivity contribution in [2.75, 3.05) is 7.11 Å². The second-order valence-electron chi connectivity index (χ2n) is 9.65. The van der Waals surface area contributed by atoms with Crippen molar-refractivity contribution < 1.29 is 19.4 Å². The standard InChI is InChI=1S/C30H27Br2N3O5/c1-39-26-13-21(24(32)15-27(26)40-17-18-6-5-9-20(12-18)30(37)38)16-33-35-28(19-7-3-2-4-8-19)34-25-11-10-22(31)14-23(25)29(35)36/h5-6,9-16,19H,2-4,7-8,17H2,1H3,(H,37,38). The maximum absolute atomic E-state index is 13.6. The minimum absolute atomic E-state index is 0.163. The molecule has 4 aromatic rings. The zero-order chi connectivity index (χ0) is 28.2. The molecule has 1 aliphatic carbocycles. The van der Waals surface area contributed by atoms with Gasteiger partial charge in [0.1, 0.15) is 12.4 Å². The number of ether oxygens (including phenoxy) is 2. The first-order valence-electron chi connectivity index (χ1n) is 12.9. The Labute approximate surface area is 247 Å². The summed E-state index contributed by atoms with van der Waals surface area (Å²) in [6.07, 6.45) is 6.97. The van der Waals surface area contributed by atoms with Crippen LogP contribution in [0.3, 0.4) is 0 Å². The van der Waals surface area contributed by atoms with E-state index < -0.39 is 5.97 Å². The number of halogens is 2. The number of carboxylic acids is 1. The number of carboxylic acid groups (broad SMARTS) is 1. The molecule has 40 heavy (non-hydrogen) atoms. The summed E-state index contributed by atoms with van der Waals surface area (Å²) in [5.74, 6) is 0.803. The number of methoxy groups -OCH3 is 1. The van der Waals surface area contributed by atoms with Gasteiger partial charge in [0.2, 0.25) is 0 Å². The third-order valence-electron chi connectivity index (χ3n) is 6.97. The molecule has 10 heteroatoms. The smallest absolute Gasteiger partial charge is 0.335 e. The number of hydrogen-bond donors (Lipinski definition) is 1. The van der Waals surface area contributed by atoms with Gasteiger partial charge in [-0.05, 0) is 76.8 Å². The lowest BCUT2D eigenvalue weighted by molar-refractivity contribution is 0.0696. The molecule has 8 nitrogen and oxygen atoms in total. The summed E-state index contributed by atoms with van der Waals surface area (Å²) in [6, 6.07) is 15.6. The Morgan fingerprint density at radius 1 is 1.10 bits per heavy atom. The lowest BCUT2D eigenvalue weighted by Gasteiger charge is -2.22. The third kappa shape index (κ3) is 6.13. The quantitative estimate of drug-likeness (QED) is 0.200. The van der Waals surface area contributed by atoms with Gasteiger partial charge in [-0.25, -0.2) is 9.78 Å². The van der Waals surface area contributed by atoms with E-state index in [-0.39, 0.29) is 23.6 Å². The number of aromatic carboxylic acids is 1. The molecule has 3 aromatic carbocycles. The number of aromatic nitrogens is 2. The Morgan fingerprint density at radius 2 is 1.90 bits per heavy atom. The van der Waals surface area contributed by atoms with E-state index in [0.717, 1.165) is 30.2 Å². The van der Waals surface area contributed by atoms with Crippen molar-refractivity contribution >= 4 is 54.9 Å². The Bertz CT molecular complexity index is 1660. The molecule has 1 saturated carbocycles. The summed E-state index contributed by atoms with van der Waals surface area (Å²) in [7, 11) is 1.54. The predicted octanol–water partition coefficient (Wildman–Crippen LogP) is 7.14. The maximum atomic E-state index is 13.6. The van der Waals surface area contributed by atoms with Gasteiger partial charge in [0.05, 0.1) is 29.8 Å². The highest BCUT2D eigenvalue weighted by molar-refractivity contribution is 9.10.